The standard InChI is InChI=1S/C14H12N4OS/c1-8-4-5-10-11-12(20-14(10)16-8)13(18-17-11)15-7-9-3-2-6-19-9/h2-6H,7H2,1H3,(H2,15,17,18). The Labute approximate surface area is 118 Å². The molecule has 0 aliphatic rings. The van der Waals surface area contributed by atoms with Gasteiger partial charge in [0.15, 0.2) is 5.82 Å². The number of hydrogen-bond acceptors (Lipinski definition) is 5. The fourth-order valence-electron chi connectivity index (χ4n) is 2.22. The second kappa shape index (κ2) is 4.35. The molecule has 0 atom stereocenters. The largest absolute Gasteiger partial charge is 0.467 e. The molecule has 5 nitrogen and oxygen atoms in total. The van der Waals surface area contributed by atoms with Gasteiger partial charge in [0.05, 0.1) is 23.0 Å². The van der Waals surface area contributed by atoms with Crippen LogP contribution in [0.5, 0.6) is 0 Å². The van der Waals surface area contributed by atoms with Crippen LogP contribution in [-0.4, -0.2) is 15.2 Å². The van der Waals surface area contributed by atoms with E-state index in [0.29, 0.717) is 6.54 Å². The Kier molecular flexibility index (Phi) is 2.50. The maximum atomic E-state index is 5.31. The van der Waals surface area contributed by atoms with Crippen LogP contribution in [0.2, 0.25) is 0 Å². The Balaban J connectivity index is 1.74. The Morgan fingerprint density at radius 2 is 2.30 bits per heavy atom. The first-order valence-electron chi connectivity index (χ1n) is 6.32. The van der Waals surface area contributed by atoms with Crippen molar-refractivity contribution < 1.29 is 4.42 Å². The highest BCUT2D eigenvalue weighted by atomic mass is 32.1. The third-order valence-electron chi connectivity index (χ3n) is 3.20. The number of nitrogens with zero attached hydrogens (tertiary/aromatic N) is 2. The van der Waals surface area contributed by atoms with Crippen molar-refractivity contribution >= 4 is 37.6 Å². The summed E-state index contributed by atoms with van der Waals surface area (Å²) in [5.41, 5.74) is 2.07. The number of fused-ring (bicyclic) bond motifs is 3. The first-order chi connectivity index (χ1) is 9.81. The molecular weight excluding hydrogens is 272 g/mol. The molecule has 0 bridgehead atoms. The van der Waals surface area contributed by atoms with Gasteiger partial charge >= 0.3 is 0 Å². The molecule has 4 heterocycles. The summed E-state index contributed by atoms with van der Waals surface area (Å²) in [5, 5.41) is 11.8. The summed E-state index contributed by atoms with van der Waals surface area (Å²) in [6.07, 6.45) is 1.67. The van der Waals surface area contributed by atoms with Gasteiger partial charge in [0.1, 0.15) is 10.6 Å². The lowest BCUT2D eigenvalue weighted by Crippen LogP contribution is -1.98. The monoisotopic (exact) mass is 284 g/mol. The maximum absolute atomic E-state index is 5.31. The summed E-state index contributed by atoms with van der Waals surface area (Å²) in [4.78, 5) is 5.60. The van der Waals surface area contributed by atoms with E-state index in [1.165, 1.54) is 0 Å². The number of aryl methyl sites for hydroxylation is 1. The number of rotatable bonds is 3. The van der Waals surface area contributed by atoms with E-state index in [4.69, 9.17) is 4.42 Å². The molecular formula is C14H12N4OS. The van der Waals surface area contributed by atoms with Gasteiger partial charge in [-0.15, -0.1) is 11.3 Å². The van der Waals surface area contributed by atoms with E-state index in [1.54, 1.807) is 17.6 Å². The molecule has 4 rings (SSSR count). The molecule has 6 heteroatoms. The summed E-state index contributed by atoms with van der Waals surface area (Å²) in [6.45, 7) is 2.62. The van der Waals surface area contributed by atoms with Crippen LogP contribution < -0.4 is 5.32 Å². The molecule has 2 N–H and O–H groups in total. The summed E-state index contributed by atoms with van der Waals surface area (Å²) in [7, 11) is 0. The van der Waals surface area contributed by atoms with Crippen LogP contribution in [-0.2, 0) is 6.54 Å². The minimum Gasteiger partial charge on any atom is -0.467 e. The summed E-state index contributed by atoms with van der Waals surface area (Å²) in [6, 6.07) is 7.92. The molecule has 4 aromatic rings. The van der Waals surface area contributed by atoms with E-state index < -0.39 is 0 Å². The fraction of sp³-hybridized carbons (Fsp3) is 0.143. The molecule has 100 valence electrons. The summed E-state index contributed by atoms with van der Waals surface area (Å²) < 4.78 is 6.41. The lowest BCUT2D eigenvalue weighted by molar-refractivity contribution is 0.518. The van der Waals surface area contributed by atoms with Gasteiger partial charge in [-0.2, -0.15) is 5.10 Å². The number of hydrogen-bond donors (Lipinski definition) is 2. The highest BCUT2D eigenvalue weighted by Gasteiger charge is 2.13. The van der Waals surface area contributed by atoms with Crippen LogP contribution in [0, 0.1) is 6.92 Å². The predicted molar refractivity (Wildman–Crippen MR) is 80.0 cm³/mol. The van der Waals surface area contributed by atoms with Gasteiger partial charge in [-0.25, -0.2) is 4.98 Å². The highest BCUT2D eigenvalue weighted by Crippen LogP contribution is 2.35. The lowest BCUT2D eigenvalue weighted by atomic mass is 10.3. The molecule has 4 aromatic heterocycles. The maximum Gasteiger partial charge on any atom is 0.166 e. The van der Waals surface area contributed by atoms with Gasteiger partial charge < -0.3 is 9.73 Å². The van der Waals surface area contributed by atoms with Gasteiger partial charge in [-0.3, -0.25) is 5.10 Å². The second-order valence-electron chi connectivity index (χ2n) is 4.62. The normalized spacial score (nSPS) is 11.4. The first kappa shape index (κ1) is 11.5. The van der Waals surface area contributed by atoms with Crippen molar-refractivity contribution in [2.75, 3.05) is 5.32 Å². The molecule has 0 unspecified atom stereocenters. The fourth-order valence-corrected chi connectivity index (χ4v) is 3.35. The van der Waals surface area contributed by atoms with Crippen molar-refractivity contribution in [3.63, 3.8) is 0 Å². The third kappa shape index (κ3) is 1.77. The molecule has 0 aliphatic carbocycles. The number of nitrogens with one attached hydrogen (secondary N) is 2. The average molecular weight is 284 g/mol. The van der Waals surface area contributed by atoms with Crippen LogP contribution in [0.15, 0.2) is 34.9 Å². The van der Waals surface area contributed by atoms with Gasteiger partial charge in [0.2, 0.25) is 0 Å². The van der Waals surface area contributed by atoms with Crippen molar-refractivity contribution in [3.8, 4) is 0 Å². The third-order valence-corrected chi connectivity index (χ3v) is 4.31. The molecule has 0 radical (unpaired) electrons. The molecule has 0 saturated heterocycles. The van der Waals surface area contributed by atoms with Crippen LogP contribution in [0.25, 0.3) is 20.4 Å². The van der Waals surface area contributed by atoms with E-state index in [9.17, 15) is 0 Å². The second-order valence-corrected chi connectivity index (χ2v) is 5.62. The SMILES string of the molecule is Cc1ccc2c(n1)sc1c(NCc3ccco3)n[nH]c12. The van der Waals surface area contributed by atoms with Gasteiger partial charge in [-0.05, 0) is 31.2 Å². The van der Waals surface area contributed by atoms with E-state index in [-0.39, 0.29) is 0 Å². The van der Waals surface area contributed by atoms with Crippen LogP contribution in [0.1, 0.15) is 11.5 Å². The molecule has 0 aromatic carbocycles. The number of aromatic nitrogens is 3. The number of thiophene rings is 1. The zero-order valence-corrected chi connectivity index (χ0v) is 11.6. The van der Waals surface area contributed by atoms with Crippen LogP contribution in [0.3, 0.4) is 0 Å². The highest BCUT2D eigenvalue weighted by molar-refractivity contribution is 7.26. The minimum atomic E-state index is 0.619. The van der Waals surface area contributed by atoms with Crippen molar-refractivity contribution in [3.05, 3.63) is 42.0 Å². The van der Waals surface area contributed by atoms with Crippen molar-refractivity contribution in [1.29, 1.82) is 0 Å². The Morgan fingerprint density at radius 1 is 1.35 bits per heavy atom. The van der Waals surface area contributed by atoms with Crippen molar-refractivity contribution in [2.24, 2.45) is 0 Å². The van der Waals surface area contributed by atoms with Gasteiger partial charge in [0.25, 0.3) is 0 Å². The number of anilines is 1. The van der Waals surface area contributed by atoms with Gasteiger partial charge in [0, 0.05) is 11.1 Å². The predicted octanol–water partition coefficient (Wildman–Crippen LogP) is 3.69. The topological polar surface area (TPSA) is 66.7 Å². The number of H-pyrrole nitrogens is 1. The molecule has 0 amide bonds. The molecule has 0 spiro atoms. The molecule has 0 fully saturated rings. The summed E-state index contributed by atoms with van der Waals surface area (Å²) >= 11 is 1.65. The van der Waals surface area contributed by atoms with E-state index >= 15 is 0 Å². The van der Waals surface area contributed by atoms with E-state index in [2.05, 4.69) is 26.6 Å². The average Bonchev–Trinajstić information content (AvgIpc) is 3.12. The van der Waals surface area contributed by atoms with Crippen LogP contribution >= 0.6 is 11.3 Å². The molecule has 0 aliphatic heterocycles. The molecule has 0 saturated carbocycles. The zero-order valence-electron chi connectivity index (χ0n) is 10.8. The number of furan rings is 1. The van der Waals surface area contributed by atoms with Crippen molar-refractivity contribution in [1.82, 2.24) is 15.2 Å². The summed E-state index contributed by atoms with van der Waals surface area (Å²) in [5.74, 6) is 1.73. The lowest BCUT2D eigenvalue weighted by Gasteiger charge is -1.98. The van der Waals surface area contributed by atoms with Gasteiger partial charge in [-0.1, -0.05) is 0 Å². The quantitative estimate of drug-likeness (QED) is 0.602. The molecule has 20 heavy (non-hydrogen) atoms. The zero-order chi connectivity index (χ0) is 13.5. The first-order valence-corrected chi connectivity index (χ1v) is 7.13. The van der Waals surface area contributed by atoms with Crippen molar-refractivity contribution in [2.45, 2.75) is 13.5 Å². The minimum absolute atomic E-state index is 0.619. The smallest absolute Gasteiger partial charge is 0.166 e. The van der Waals surface area contributed by atoms with E-state index in [1.807, 2.05) is 25.1 Å². The Hall–Kier alpha value is -2.34. The van der Waals surface area contributed by atoms with E-state index in [0.717, 1.165) is 37.7 Å². The number of aromatic amines is 1. The van der Waals surface area contributed by atoms with Crippen LogP contribution in [0.4, 0.5) is 5.82 Å². The number of pyridine rings is 1. The Bertz CT molecular complexity index is 875. The Morgan fingerprint density at radius 3 is 3.15 bits per heavy atom.